The number of morpholine rings is 1. The lowest BCUT2D eigenvalue weighted by molar-refractivity contribution is -0.122. The smallest absolute Gasteiger partial charge is 0.263 e. The fourth-order valence-electron chi connectivity index (χ4n) is 3.61. The van der Waals surface area contributed by atoms with Gasteiger partial charge in [0, 0.05) is 30.1 Å². The Morgan fingerprint density at radius 1 is 1.27 bits per heavy atom. The van der Waals surface area contributed by atoms with Crippen LogP contribution in [0.1, 0.15) is 23.4 Å². The summed E-state index contributed by atoms with van der Waals surface area (Å²) in [7, 11) is -3.63. The number of amides is 1. The summed E-state index contributed by atoms with van der Waals surface area (Å²) in [4.78, 5) is 20.8. The van der Waals surface area contributed by atoms with E-state index in [2.05, 4.69) is 26.0 Å². The van der Waals surface area contributed by atoms with Crippen molar-refractivity contribution in [3.05, 3.63) is 52.2 Å². The summed E-state index contributed by atoms with van der Waals surface area (Å²) in [5.41, 5.74) is 0.488. The number of nitrogens with zero attached hydrogens (tertiary/aromatic N) is 2. The number of hydrogen-bond acceptors (Lipinski definition) is 7. The van der Waals surface area contributed by atoms with Crippen LogP contribution in [0.3, 0.4) is 0 Å². The molecule has 10 heteroatoms. The van der Waals surface area contributed by atoms with Crippen LogP contribution in [0.15, 0.2) is 51.7 Å². The van der Waals surface area contributed by atoms with Gasteiger partial charge in [0.2, 0.25) is 5.91 Å². The molecule has 1 aromatic carbocycles. The first-order valence-electron chi connectivity index (χ1n) is 9.78. The number of hydrogen-bond donors (Lipinski definition) is 2. The summed E-state index contributed by atoms with van der Waals surface area (Å²) in [6.45, 7) is 5.10. The average molecular weight is 449 g/mol. The van der Waals surface area contributed by atoms with Crippen LogP contribution in [0.25, 0.3) is 0 Å². The van der Waals surface area contributed by atoms with E-state index in [1.54, 1.807) is 36.5 Å². The predicted molar refractivity (Wildman–Crippen MR) is 115 cm³/mol. The van der Waals surface area contributed by atoms with Crippen molar-refractivity contribution in [2.45, 2.75) is 23.9 Å². The van der Waals surface area contributed by atoms with Gasteiger partial charge in [-0.25, -0.2) is 8.42 Å². The molecule has 1 saturated heterocycles. The third kappa shape index (κ3) is 4.41. The van der Waals surface area contributed by atoms with Crippen molar-refractivity contribution < 1.29 is 17.9 Å². The van der Waals surface area contributed by atoms with Gasteiger partial charge in [-0.3, -0.25) is 19.4 Å². The number of thiophene rings is 1. The van der Waals surface area contributed by atoms with Crippen LogP contribution in [-0.2, 0) is 19.6 Å². The quantitative estimate of drug-likeness (QED) is 0.695. The Labute approximate surface area is 180 Å². The highest BCUT2D eigenvalue weighted by atomic mass is 32.2. The molecule has 0 saturated carbocycles. The number of carbonyl (C=O) groups is 1. The molecule has 4 rings (SSSR count). The molecule has 160 valence electrons. The van der Waals surface area contributed by atoms with Crippen molar-refractivity contribution in [3.63, 3.8) is 0 Å². The molecule has 1 fully saturated rings. The normalized spacial score (nSPS) is 21.6. The molecule has 2 atom stereocenters. The van der Waals surface area contributed by atoms with E-state index in [9.17, 15) is 13.2 Å². The van der Waals surface area contributed by atoms with Gasteiger partial charge in [-0.05, 0) is 30.5 Å². The molecular formula is C20H24N4O4S2. The lowest BCUT2D eigenvalue weighted by Crippen LogP contribution is -2.45. The van der Waals surface area contributed by atoms with Crippen molar-refractivity contribution in [2.75, 3.05) is 32.8 Å². The number of sulfonamides is 1. The second kappa shape index (κ2) is 8.84. The highest BCUT2D eigenvalue weighted by molar-refractivity contribution is 7.90. The zero-order valence-electron chi connectivity index (χ0n) is 16.6. The molecule has 2 aliphatic rings. The summed E-state index contributed by atoms with van der Waals surface area (Å²) in [6.07, 6.45) is 0. The minimum atomic E-state index is -3.63. The van der Waals surface area contributed by atoms with Crippen LogP contribution in [0.5, 0.6) is 0 Å². The summed E-state index contributed by atoms with van der Waals surface area (Å²) in [5.74, 6) is -0.0443. The van der Waals surface area contributed by atoms with Crippen molar-refractivity contribution in [3.8, 4) is 0 Å². The molecule has 0 radical (unpaired) electrons. The molecule has 0 aliphatic carbocycles. The average Bonchev–Trinajstić information content (AvgIpc) is 3.36. The van der Waals surface area contributed by atoms with Crippen LogP contribution in [0, 0.1) is 0 Å². The zero-order valence-corrected chi connectivity index (χ0v) is 18.2. The fourth-order valence-corrected chi connectivity index (χ4v) is 5.71. The van der Waals surface area contributed by atoms with Crippen LogP contribution in [-0.4, -0.2) is 64.0 Å². The van der Waals surface area contributed by atoms with E-state index in [0.717, 1.165) is 13.1 Å². The van der Waals surface area contributed by atoms with Gasteiger partial charge < -0.3 is 10.1 Å². The first kappa shape index (κ1) is 21.0. The summed E-state index contributed by atoms with van der Waals surface area (Å²) in [6, 6.07) is 10.0. The van der Waals surface area contributed by atoms with Crippen LogP contribution >= 0.6 is 11.3 Å². The summed E-state index contributed by atoms with van der Waals surface area (Å²) < 4.78 is 32.4. The topological polar surface area (TPSA) is 100 Å². The standard InChI is InChI=1S/C20H24N4O4S2/c1-14(22-19-15-5-2-3-7-18(15)30(26,27)23-19)20(25)21-13-16(17-6-4-12-29-17)24-8-10-28-11-9-24/h2-7,12,14,16H,8-11,13H2,1H3,(H,21,25)(H,22,23)/t14-,16?/m0/s1. The molecule has 8 nitrogen and oxygen atoms in total. The number of rotatable bonds is 6. The van der Waals surface area contributed by atoms with Crippen molar-refractivity contribution >= 4 is 33.1 Å². The van der Waals surface area contributed by atoms with E-state index >= 15 is 0 Å². The maximum Gasteiger partial charge on any atom is 0.263 e. The first-order chi connectivity index (χ1) is 14.5. The SMILES string of the molecule is C[C@H](N=C1NS(=O)(=O)c2ccccc21)C(=O)NCC(c1cccs1)N1CCOCC1. The summed E-state index contributed by atoms with van der Waals surface area (Å²) in [5, 5.41) is 5.02. The highest BCUT2D eigenvalue weighted by Gasteiger charge is 2.31. The van der Waals surface area contributed by atoms with Crippen molar-refractivity contribution in [1.82, 2.24) is 14.9 Å². The number of benzene rings is 1. The van der Waals surface area contributed by atoms with Crippen molar-refractivity contribution in [2.24, 2.45) is 4.99 Å². The molecule has 1 unspecified atom stereocenters. The number of aliphatic imine (C=N–C) groups is 1. The minimum absolute atomic E-state index is 0.0726. The molecule has 2 aromatic rings. The number of ether oxygens (including phenoxy) is 1. The highest BCUT2D eigenvalue weighted by Crippen LogP contribution is 2.26. The van der Waals surface area contributed by atoms with Gasteiger partial charge >= 0.3 is 0 Å². The van der Waals surface area contributed by atoms with Crippen LogP contribution in [0.2, 0.25) is 0 Å². The molecule has 3 heterocycles. The van der Waals surface area contributed by atoms with E-state index in [1.165, 1.54) is 10.9 Å². The van der Waals surface area contributed by atoms with Gasteiger partial charge in [-0.2, -0.15) is 0 Å². The third-order valence-electron chi connectivity index (χ3n) is 5.19. The Morgan fingerprint density at radius 2 is 2.03 bits per heavy atom. The molecule has 1 aromatic heterocycles. The number of fused-ring (bicyclic) bond motifs is 1. The van der Waals surface area contributed by atoms with Gasteiger partial charge in [-0.15, -0.1) is 11.3 Å². The molecule has 0 spiro atoms. The first-order valence-corrected chi connectivity index (χ1v) is 12.1. The Balaban J connectivity index is 1.45. The largest absolute Gasteiger partial charge is 0.379 e. The Kier molecular flexibility index (Phi) is 6.19. The molecular weight excluding hydrogens is 424 g/mol. The lowest BCUT2D eigenvalue weighted by Gasteiger charge is -2.34. The van der Waals surface area contributed by atoms with Gasteiger partial charge in [0.25, 0.3) is 10.0 Å². The van der Waals surface area contributed by atoms with Gasteiger partial charge in [0.05, 0.1) is 24.2 Å². The second-order valence-corrected chi connectivity index (χ2v) is 9.81. The Hall–Kier alpha value is -2.27. The molecule has 2 N–H and O–H groups in total. The van der Waals surface area contributed by atoms with E-state index in [4.69, 9.17) is 4.74 Å². The summed E-state index contributed by atoms with van der Waals surface area (Å²) >= 11 is 1.66. The Morgan fingerprint density at radius 3 is 2.77 bits per heavy atom. The second-order valence-electron chi connectivity index (χ2n) is 7.18. The van der Waals surface area contributed by atoms with E-state index in [0.29, 0.717) is 25.3 Å². The van der Waals surface area contributed by atoms with Crippen LogP contribution in [0.4, 0.5) is 0 Å². The molecule has 2 aliphatic heterocycles. The van der Waals surface area contributed by atoms with E-state index in [-0.39, 0.29) is 22.7 Å². The minimum Gasteiger partial charge on any atom is -0.379 e. The molecule has 0 bridgehead atoms. The third-order valence-corrected chi connectivity index (χ3v) is 7.56. The maximum absolute atomic E-state index is 12.7. The van der Waals surface area contributed by atoms with Crippen LogP contribution < -0.4 is 10.0 Å². The number of carbonyl (C=O) groups excluding carboxylic acids is 1. The monoisotopic (exact) mass is 448 g/mol. The molecule has 1 amide bonds. The van der Waals surface area contributed by atoms with E-state index in [1.807, 2.05) is 11.4 Å². The number of nitrogens with one attached hydrogen (secondary N) is 2. The predicted octanol–water partition coefficient (Wildman–Crippen LogP) is 1.36. The van der Waals surface area contributed by atoms with E-state index < -0.39 is 16.1 Å². The zero-order chi connectivity index (χ0) is 21.1. The maximum atomic E-state index is 12.7. The van der Waals surface area contributed by atoms with Crippen molar-refractivity contribution in [1.29, 1.82) is 0 Å². The Bertz CT molecular complexity index is 1030. The number of amidine groups is 1. The van der Waals surface area contributed by atoms with Gasteiger partial charge in [-0.1, -0.05) is 18.2 Å². The van der Waals surface area contributed by atoms with Gasteiger partial charge in [0.1, 0.15) is 11.9 Å². The molecule has 30 heavy (non-hydrogen) atoms. The van der Waals surface area contributed by atoms with Gasteiger partial charge in [0.15, 0.2) is 0 Å². The lowest BCUT2D eigenvalue weighted by atomic mass is 10.1. The fraction of sp³-hybridized carbons (Fsp3) is 0.400.